The third kappa shape index (κ3) is 4.49. The number of hydrogen-bond donors (Lipinski definition) is 8. The molecule has 0 atom stereocenters. The summed E-state index contributed by atoms with van der Waals surface area (Å²) in [6.45, 7) is 0. The van der Waals surface area contributed by atoms with Crippen LogP contribution in [0.4, 0.5) is 11.4 Å². The van der Waals surface area contributed by atoms with E-state index < -0.39 is 0 Å². The average molecular weight is 501 g/mol. The van der Waals surface area contributed by atoms with Crippen LogP contribution < -0.4 is 22.1 Å². The molecule has 10 heteroatoms. The Kier molecular flexibility index (Phi) is 5.46. The molecule has 0 aliphatic heterocycles. The fourth-order valence-corrected chi connectivity index (χ4v) is 4.38. The van der Waals surface area contributed by atoms with Crippen molar-refractivity contribution >= 4 is 45.4 Å². The van der Waals surface area contributed by atoms with Crippen molar-refractivity contribution in [2.75, 3.05) is 10.6 Å². The van der Waals surface area contributed by atoms with Crippen molar-refractivity contribution < 1.29 is 0 Å². The number of hydrogen-bond acceptors (Lipinski definition) is 4. The topological polar surface area (TPSA) is 181 Å². The number of aromatic nitrogens is 4. The zero-order valence-corrected chi connectivity index (χ0v) is 20.1. The Labute approximate surface area is 217 Å². The van der Waals surface area contributed by atoms with Crippen molar-refractivity contribution in [2.45, 2.75) is 0 Å². The van der Waals surface area contributed by atoms with Crippen LogP contribution in [0.25, 0.3) is 56.0 Å². The number of nitrogens with two attached hydrogens (primary N) is 2. The lowest BCUT2D eigenvalue weighted by molar-refractivity contribution is 1.33. The number of nitrogens with one attached hydrogen (secondary N) is 6. The van der Waals surface area contributed by atoms with Crippen molar-refractivity contribution in [3.05, 3.63) is 84.9 Å². The van der Waals surface area contributed by atoms with Gasteiger partial charge in [-0.15, -0.1) is 0 Å². The van der Waals surface area contributed by atoms with E-state index in [1.807, 2.05) is 60.7 Å². The van der Waals surface area contributed by atoms with Crippen molar-refractivity contribution in [1.82, 2.24) is 19.9 Å². The Hall–Kier alpha value is -5.64. The first kappa shape index (κ1) is 22.8. The number of guanidine groups is 2. The first-order valence-electron chi connectivity index (χ1n) is 11.8. The molecule has 10 N–H and O–H groups in total. The minimum atomic E-state index is -0.101. The Balaban J connectivity index is 1.27. The predicted octanol–water partition coefficient (Wildman–Crippen LogP) is 5.05. The molecule has 0 bridgehead atoms. The standard InChI is InChI=1S/C28H24N10/c29-27(30)33-19-7-1-15(2-8-19)25-35-21-11-5-17(13-23(21)37-25)18-6-12-22-24(14-18)38-26(36-22)16-3-9-20(10-4-16)34-28(31)32/h1-14H,(H,35,37)(H,36,38)(H4,29,30,33)(H4,31,32,34). The van der Waals surface area contributed by atoms with E-state index in [0.717, 1.165) is 67.3 Å². The number of fused-ring (bicyclic) bond motifs is 2. The SMILES string of the molecule is N=C(N)Nc1ccc(-c2nc3cc(-c4ccc5[nH]c(-c6ccc(NC(=N)N)cc6)nc5c4)ccc3[nH]2)cc1. The molecule has 38 heavy (non-hydrogen) atoms. The second kappa shape index (κ2) is 9.10. The first-order valence-corrected chi connectivity index (χ1v) is 11.8. The van der Waals surface area contributed by atoms with Gasteiger partial charge in [-0.25, -0.2) is 9.97 Å². The molecule has 10 nitrogen and oxygen atoms in total. The van der Waals surface area contributed by atoms with E-state index in [0.29, 0.717) is 0 Å². The highest BCUT2D eigenvalue weighted by Gasteiger charge is 2.10. The van der Waals surface area contributed by atoms with Crippen LogP contribution in [0.2, 0.25) is 0 Å². The molecule has 0 unspecified atom stereocenters. The molecular weight excluding hydrogens is 476 g/mol. The normalized spacial score (nSPS) is 11.1. The maximum Gasteiger partial charge on any atom is 0.190 e. The summed E-state index contributed by atoms with van der Waals surface area (Å²) < 4.78 is 0. The fraction of sp³-hybridized carbons (Fsp3) is 0. The van der Waals surface area contributed by atoms with Gasteiger partial charge in [0.2, 0.25) is 0 Å². The zero-order valence-electron chi connectivity index (χ0n) is 20.1. The van der Waals surface area contributed by atoms with Crippen LogP contribution >= 0.6 is 0 Å². The van der Waals surface area contributed by atoms with Crippen LogP contribution in [0.1, 0.15) is 0 Å². The van der Waals surface area contributed by atoms with Crippen LogP contribution in [0.15, 0.2) is 84.9 Å². The monoisotopic (exact) mass is 500 g/mol. The second-order valence-electron chi connectivity index (χ2n) is 8.87. The molecular formula is C28H24N10. The number of imidazole rings is 2. The summed E-state index contributed by atoms with van der Waals surface area (Å²) in [7, 11) is 0. The molecule has 6 rings (SSSR count). The lowest BCUT2D eigenvalue weighted by Crippen LogP contribution is -2.20. The molecule has 4 aromatic carbocycles. The molecule has 0 fully saturated rings. The van der Waals surface area contributed by atoms with E-state index in [1.165, 1.54) is 0 Å². The Morgan fingerprint density at radius 2 is 0.921 bits per heavy atom. The van der Waals surface area contributed by atoms with Crippen LogP contribution in [0, 0.1) is 10.8 Å². The van der Waals surface area contributed by atoms with Gasteiger partial charge in [0.25, 0.3) is 0 Å². The highest BCUT2D eigenvalue weighted by atomic mass is 15.0. The summed E-state index contributed by atoms with van der Waals surface area (Å²) in [6.07, 6.45) is 0. The van der Waals surface area contributed by atoms with Gasteiger partial charge in [0.05, 0.1) is 22.1 Å². The van der Waals surface area contributed by atoms with Gasteiger partial charge in [0.1, 0.15) is 11.6 Å². The number of aromatic amines is 2. The molecule has 2 heterocycles. The molecule has 0 aliphatic rings. The molecule has 2 aromatic heterocycles. The smallest absolute Gasteiger partial charge is 0.190 e. The largest absolute Gasteiger partial charge is 0.370 e. The van der Waals surface area contributed by atoms with Crippen LogP contribution in [-0.4, -0.2) is 31.9 Å². The summed E-state index contributed by atoms with van der Waals surface area (Å²) >= 11 is 0. The quantitative estimate of drug-likeness (QED) is 0.121. The second-order valence-corrected chi connectivity index (χ2v) is 8.87. The minimum Gasteiger partial charge on any atom is -0.370 e. The third-order valence-corrected chi connectivity index (χ3v) is 6.17. The van der Waals surface area contributed by atoms with Crippen molar-refractivity contribution in [1.29, 1.82) is 10.8 Å². The molecule has 0 aliphatic carbocycles. The van der Waals surface area contributed by atoms with Gasteiger partial charge in [0, 0.05) is 22.5 Å². The van der Waals surface area contributed by atoms with Crippen molar-refractivity contribution in [2.24, 2.45) is 11.5 Å². The van der Waals surface area contributed by atoms with Crippen LogP contribution in [0.3, 0.4) is 0 Å². The lowest BCUT2D eigenvalue weighted by Gasteiger charge is -2.03. The van der Waals surface area contributed by atoms with Gasteiger partial charge in [-0.05, 0) is 83.9 Å². The van der Waals surface area contributed by atoms with Gasteiger partial charge in [-0.3, -0.25) is 10.8 Å². The van der Waals surface area contributed by atoms with Crippen molar-refractivity contribution in [3.63, 3.8) is 0 Å². The Morgan fingerprint density at radius 1 is 0.553 bits per heavy atom. The highest BCUT2D eigenvalue weighted by molar-refractivity contribution is 5.91. The number of anilines is 2. The van der Waals surface area contributed by atoms with Gasteiger partial charge < -0.3 is 32.1 Å². The molecule has 186 valence electrons. The minimum absolute atomic E-state index is 0.101. The molecule has 0 spiro atoms. The summed E-state index contributed by atoms with van der Waals surface area (Å²) in [6, 6.07) is 27.5. The third-order valence-electron chi connectivity index (χ3n) is 6.17. The van der Waals surface area contributed by atoms with E-state index in [9.17, 15) is 0 Å². The molecule has 6 aromatic rings. The number of rotatable bonds is 5. The molecule has 0 amide bonds. The number of nitrogens with zero attached hydrogens (tertiary/aromatic N) is 2. The van der Waals surface area contributed by atoms with Gasteiger partial charge in [0.15, 0.2) is 11.9 Å². The molecule has 0 saturated carbocycles. The van der Waals surface area contributed by atoms with Gasteiger partial charge in [-0.2, -0.15) is 0 Å². The van der Waals surface area contributed by atoms with E-state index in [2.05, 4.69) is 44.9 Å². The molecule has 0 radical (unpaired) electrons. The maximum atomic E-state index is 7.36. The van der Waals surface area contributed by atoms with Gasteiger partial charge >= 0.3 is 0 Å². The van der Waals surface area contributed by atoms with Crippen molar-refractivity contribution in [3.8, 4) is 33.9 Å². The van der Waals surface area contributed by atoms with E-state index in [4.69, 9.17) is 32.3 Å². The van der Waals surface area contributed by atoms with Crippen LogP contribution in [-0.2, 0) is 0 Å². The lowest BCUT2D eigenvalue weighted by atomic mass is 10.0. The van der Waals surface area contributed by atoms with Crippen LogP contribution in [0.5, 0.6) is 0 Å². The predicted molar refractivity (Wildman–Crippen MR) is 153 cm³/mol. The number of benzene rings is 4. The summed E-state index contributed by atoms with van der Waals surface area (Å²) in [4.78, 5) is 16.4. The zero-order chi connectivity index (χ0) is 26.2. The molecule has 0 saturated heterocycles. The average Bonchev–Trinajstić information content (AvgIpc) is 3.52. The van der Waals surface area contributed by atoms with Gasteiger partial charge in [-0.1, -0.05) is 12.1 Å². The number of H-pyrrole nitrogens is 2. The summed E-state index contributed by atoms with van der Waals surface area (Å²) in [5.41, 5.74) is 19.9. The first-order chi connectivity index (χ1) is 18.4. The highest BCUT2D eigenvalue weighted by Crippen LogP contribution is 2.29. The van der Waals surface area contributed by atoms with E-state index in [1.54, 1.807) is 0 Å². The van der Waals surface area contributed by atoms with E-state index >= 15 is 0 Å². The van der Waals surface area contributed by atoms with E-state index in [-0.39, 0.29) is 11.9 Å². The fourth-order valence-electron chi connectivity index (χ4n) is 4.38. The summed E-state index contributed by atoms with van der Waals surface area (Å²) in [5.74, 6) is 1.33. The Bertz CT molecular complexity index is 1680. The summed E-state index contributed by atoms with van der Waals surface area (Å²) in [5, 5.41) is 20.3. The Morgan fingerprint density at radius 3 is 1.29 bits per heavy atom. The maximum absolute atomic E-state index is 7.36.